The molecule has 0 bridgehead atoms. The highest BCUT2D eigenvalue weighted by Gasteiger charge is 2.34. The normalized spacial score (nSPS) is 28.2. The molecule has 0 aliphatic carbocycles. The number of nitrogens with zero attached hydrogens (tertiary/aromatic N) is 3. The van der Waals surface area contributed by atoms with Crippen LogP contribution in [0.3, 0.4) is 0 Å². The number of hydrogen-bond acceptors (Lipinski definition) is 4. The molecule has 0 amide bonds. The minimum Gasteiger partial charge on any atom is -0.356 e. The van der Waals surface area contributed by atoms with Gasteiger partial charge in [-0.15, -0.1) is 0 Å². The Labute approximate surface area is 115 Å². The quantitative estimate of drug-likeness (QED) is 0.874. The minimum atomic E-state index is 0.572. The van der Waals surface area contributed by atoms with Gasteiger partial charge in [-0.25, -0.2) is 4.98 Å². The third kappa shape index (κ3) is 2.60. The Hall–Kier alpha value is -1.13. The number of hydrogen-bond donors (Lipinski definition) is 1. The summed E-state index contributed by atoms with van der Waals surface area (Å²) in [5.74, 6) is 1.92. The third-order valence-electron chi connectivity index (χ3n) is 4.71. The molecule has 0 spiro atoms. The molecule has 2 atom stereocenters. The Morgan fingerprint density at radius 2 is 2.21 bits per heavy atom. The molecule has 2 N–H and O–H groups in total. The van der Waals surface area contributed by atoms with Crippen LogP contribution in [-0.2, 0) is 6.54 Å². The lowest BCUT2D eigenvalue weighted by Crippen LogP contribution is -2.52. The van der Waals surface area contributed by atoms with E-state index in [2.05, 4.69) is 34.0 Å². The van der Waals surface area contributed by atoms with Crippen LogP contribution in [0.25, 0.3) is 0 Å². The highest BCUT2D eigenvalue weighted by molar-refractivity contribution is 5.40. The van der Waals surface area contributed by atoms with Gasteiger partial charge < -0.3 is 15.5 Å². The summed E-state index contributed by atoms with van der Waals surface area (Å²) in [7, 11) is 2.28. The van der Waals surface area contributed by atoms with Crippen molar-refractivity contribution >= 4 is 5.82 Å². The monoisotopic (exact) mass is 260 g/mol. The first-order valence-electron chi connectivity index (χ1n) is 7.38. The van der Waals surface area contributed by atoms with E-state index in [-0.39, 0.29) is 0 Å². The highest BCUT2D eigenvalue weighted by atomic mass is 15.2. The first kappa shape index (κ1) is 12.9. The average molecular weight is 260 g/mol. The fourth-order valence-electron chi connectivity index (χ4n) is 3.59. The molecule has 3 rings (SSSR count). The van der Waals surface area contributed by atoms with E-state index in [1.54, 1.807) is 0 Å². The number of nitrogens with two attached hydrogens (primary N) is 1. The van der Waals surface area contributed by atoms with Crippen LogP contribution in [-0.4, -0.2) is 42.6 Å². The Morgan fingerprint density at radius 1 is 1.32 bits per heavy atom. The molecule has 19 heavy (non-hydrogen) atoms. The number of anilines is 1. The summed E-state index contributed by atoms with van der Waals surface area (Å²) in [6.45, 7) is 4.12. The second kappa shape index (κ2) is 5.47. The summed E-state index contributed by atoms with van der Waals surface area (Å²) in [6.07, 6.45) is 5.88. The molecule has 1 aromatic heterocycles. The van der Waals surface area contributed by atoms with E-state index in [0.29, 0.717) is 6.54 Å². The van der Waals surface area contributed by atoms with Crippen molar-refractivity contribution in [2.24, 2.45) is 11.7 Å². The Balaban J connectivity index is 1.69. The van der Waals surface area contributed by atoms with Crippen LogP contribution in [0.2, 0.25) is 0 Å². The predicted octanol–water partition coefficient (Wildman–Crippen LogP) is 1.46. The molecule has 0 radical (unpaired) electrons. The van der Waals surface area contributed by atoms with Crippen LogP contribution < -0.4 is 10.6 Å². The summed E-state index contributed by atoms with van der Waals surface area (Å²) < 4.78 is 0. The largest absolute Gasteiger partial charge is 0.356 e. The van der Waals surface area contributed by atoms with E-state index in [0.717, 1.165) is 36.4 Å². The number of fused-ring (bicyclic) bond motifs is 1. The number of rotatable bonds is 2. The van der Waals surface area contributed by atoms with Gasteiger partial charge >= 0.3 is 0 Å². The molecular formula is C15H24N4. The zero-order valence-corrected chi connectivity index (χ0v) is 11.8. The van der Waals surface area contributed by atoms with Crippen molar-refractivity contribution in [3.05, 3.63) is 23.9 Å². The lowest BCUT2D eigenvalue weighted by Gasteiger charge is -2.46. The molecule has 0 saturated carbocycles. The van der Waals surface area contributed by atoms with Crippen LogP contribution >= 0.6 is 0 Å². The topological polar surface area (TPSA) is 45.4 Å². The van der Waals surface area contributed by atoms with Crippen molar-refractivity contribution in [3.8, 4) is 0 Å². The van der Waals surface area contributed by atoms with Gasteiger partial charge in [-0.2, -0.15) is 0 Å². The summed E-state index contributed by atoms with van der Waals surface area (Å²) in [6, 6.07) is 5.00. The lowest BCUT2D eigenvalue weighted by atomic mass is 9.84. The van der Waals surface area contributed by atoms with Gasteiger partial charge in [-0.3, -0.25) is 0 Å². The average Bonchev–Trinajstić information content (AvgIpc) is 2.47. The number of piperidine rings is 2. The maximum atomic E-state index is 5.62. The standard InChI is InChI=1S/C15H24N4/c1-18-7-2-3-13-11-19(8-6-14(13)18)15-5-4-12(9-16)10-17-15/h4-5,10,13-14H,2-3,6-9,11,16H2,1H3. The summed E-state index contributed by atoms with van der Waals surface area (Å²) >= 11 is 0. The van der Waals surface area contributed by atoms with Crippen LogP contribution in [0.15, 0.2) is 18.3 Å². The van der Waals surface area contributed by atoms with Crippen molar-refractivity contribution in [2.75, 3.05) is 31.6 Å². The second-order valence-corrected chi connectivity index (χ2v) is 5.91. The first-order valence-corrected chi connectivity index (χ1v) is 7.38. The van der Waals surface area contributed by atoms with E-state index < -0.39 is 0 Å². The van der Waals surface area contributed by atoms with E-state index in [1.165, 1.54) is 25.8 Å². The summed E-state index contributed by atoms with van der Waals surface area (Å²) in [4.78, 5) is 9.56. The molecule has 0 aromatic carbocycles. The molecule has 4 heteroatoms. The van der Waals surface area contributed by atoms with Crippen LogP contribution in [0.5, 0.6) is 0 Å². The summed E-state index contributed by atoms with van der Waals surface area (Å²) in [5, 5.41) is 0. The Bertz CT molecular complexity index is 417. The van der Waals surface area contributed by atoms with Crippen molar-refractivity contribution < 1.29 is 0 Å². The maximum Gasteiger partial charge on any atom is 0.128 e. The molecule has 2 unspecified atom stereocenters. The van der Waals surface area contributed by atoms with Gasteiger partial charge in [-0.05, 0) is 50.4 Å². The van der Waals surface area contributed by atoms with Crippen LogP contribution in [0, 0.1) is 5.92 Å². The van der Waals surface area contributed by atoms with Crippen LogP contribution in [0.1, 0.15) is 24.8 Å². The van der Waals surface area contributed by atoms with Gasteiger partial charge in [0.15, 0.2) is 0 Å². The molecule has 104 valence electrons. The smallest absolute Gasteiger partial charge is 0.128 e. The molecular weight excluding hydrogens is 236 g/mol. The zero-order valence-electron chi connectivity index (χ0n) is 11.8. The molecule has 2 aliphatic rings. The molecule has 2 aliphatic heterocycles. The van der Waals surface area contributed by atoms with Gasteiger partial charge in [0.05, 0.1) is 0 Å². The second-order valence-electron chi connectivity index (χ2n) is 5.91. The van der Waals surface area contributed by atoms with Crippen LogP contribution in [0.4, 0.5) is 5.82 Å². The molecule has 4 nitrogen and oxygen atoms in total. The van der Waals surface area contributed by atoms with Gasteiger partial charge in [-0.1, -0.05) is 6.07 Å². The van der Waals surface area contributed by atoms with E-state index in [9.17, 15) is 0 Å². The first-order chi connectivity index (χ1) is 9.28. The predicted molar refractivity (Wildman–Crippen MR) is 78.1 cm³/mol. The fourth-order valence-corrected chi connectivity index (χ4v) is 3.59. The fraction of sp³-hybridized carbons (Fsp3) is 0.667. The lowest BCUT2D eigenvalue weighted by molar-refractivity contribution is 0.102. The third-order valence-corrected chi connectivity index (χ3v) is 4.71. The van der Waals surface area contributed by atoms with Gasteiger partial charge in [0, 0.05) is 31.9 Å². The number of aromatic nitrogens is 1. The number of likely N-dealkylation sites (tertiary alicyclic amines) is 1. The van der Waals surface area contributed by atoms with Gasteiger partial charge in [0.25, 0.3) is 0 Å². The van der Waals surface area contributed by atoms with Crippen molar-refractivity contribution in [3.63, 3.8) is 0 Å². The van der Waals surface area contributed by atoms with Crippen molar-refractivity contribution in [1.82, 2.24) is 9.88 Å². The van der Waals surface area contributed by atoms with E-state index >= 15 is 0 Å². The molecule has 2 fully saturated rings. The number of pyridine rings is 1. The molecule has 2 saturated heterocycles. The summed E-state index contributed by atoms with van der Waals surface area (Å²) in [5.41, 5.74) is 6.73. The maximum absolute atomic E-state index is 5.62. The Kier molecular flexibility index (Phi) is 3.71. The molecule has 1 aromatic rings. The minimum absolute atomic E-state index is 0.572. The molecule has 3 heterocycles. The van der Waals surface area contributed by atoms with Crippen molar-refractivity contribution in [1.29, 1.82) is 0 Å². The van der Waals surface area contributed by atoms with E-state index in [4.69, 9.17) is 5.73 Å². The van der Waals surface area contributed by atoms with Crippen molar-refractivity contribution in [2.45, 2.75) is 31.8 Å². The SMILES string of the molecule is CN1CCCC2CN(c3ccc(CN)cn3)CCC21. The van der Waals surface area contributed by atoms with E-state index in [1.807, 2.05) is 6.20 Å². The van der Waals surface area contributed by atoms with Gasteiger partial charge in [0.1, 0.15) is 5.82 Å². The van der Waals surface area contributed by atoms with Gasteiger partial charge in [0.2, 0.25) is 0 Å². The zero-order chi connectivity index (χ0) is 13.2. The Morgan fingerprint density at radius 3 is 2.95 bits per heavy atom. The highest BCUT2D eigenvalue weighted by Crippen LogP contribution is 2.31.